The van der Waals surface area contributed by atoms with Crippen LogP contribution in [-0.2, 0) is 6.42 Å². The fourth-order valence-corrected chi connectivity index (χ4v) is 3.26. The van der Waals surface area contributed by atoms with Crippen LogP contribution < -0.4 is 5.32 Å². The molecule has 0 aliphatic carbocycles. The number of carbonyl (C=O) groups excluding carboxylic acids is 1. The lowest BCUT2D eigenvalue weighted by atomic mass is 9.87. The van der Waals surface area contributed by atoms with Crippen LogP contribution in [0.1, 0.15) is 73.5 Å². The zero-order valence-electron chi connectivity index (χ0n) is 13.2. The van der Waals surface area contributed by atoms with Gasteiger partial charge in [-0.05, 0) is 48.8 Å². The molecule has 2 rings (SSSR count). The molecule has 1 aromatic carbocycles. The molecule has 2 N–H and O–H groups in total. The van der Waals surface area contributed by atoms with Gasteiger partial charge in [-0.15, -0.1) is 0 Å². The van der Waals surface area contributed by atoms with Gasteiger partial charge in [-0.25, -0.2) is 0 Å². The third-order valence-electron chi connectivity index (χ3n) is 4.39. The van der Waals surface area contributed by atoms with E-state index in [0.29, 0.717) is 0 Å². The van der Waals surface area contributed by atoms with Crippen LogP contribution >= 0.6 is 0 Å². The van der Waals surface area contributed by atoms with E-state index < -0.39 is 6.10 Å². The molecule has 3 nitrogen and oxygen atoms in total. The van der Waals surface area contributed by atoms with E-state index in [-0.39, 0.29) is 11.8 Å². The molecule has 0 aromatic heterocycles. The largest absolute Gasteiger partial charge is 0.388 e. The van der Waals surface area contributed by atoms with Crippen LogP contribution in [0.3, 0.4) is 0 Å². The number of nitrogens with one attached hydrogen (secondary N) is 1. The normalized spacial score (nSPS) is 16.3. The number of aliphatic hydroxyl groups is 1. The third kappa shape index (κ3) is 3.85. The average Bonchev–Trinajstić information content (AvgIpc) is 2.68. The first-order valence-corrected chi connectivity index (χ1v) is 8.26. The smallest absolute Gasteiger partial charge is 0.251 e. The van der Waals surface area contributed by atoms with Crippen LogP contribution in [-0.4, -0.2) is 17.6 Å². The summed E-state index contributed by atoms with van der Waals surface area (Å²) in [7, 11) is 0. The number of benzene rings is 1. The quantitative estimate of drug-likeness (QED) is 0.840. The maximum absolute atomic E-state index is 12.1. The van der Waals surface area contributed by atoms with Crippen LogP contribution in [0.15, 0.2) is 18.2 Å². The Morgan fingerprint density at radius 2 is 1.95 bits per heavy atom. The Bertz CT molecular complexity index is 478. The highest BCUT2D eigenvalue weighted by Crippen LogP contribution is 2.31. The monoisotopic (exact) mass is 289 g/mol. The summed E-state index contributed by atoms with van der Waals surface area (Å²) >= 11 is 0. The molecule has 1 aromatic rings. The van der Waals surface area contributed by atoms with Crippen LogP contribution in [0.4, 0.5) is 0 Å². The fraction of sp³-hybridized carbons (Fsp3) is 0.611. The van der Waals surface area contributed by atoms with Gasteiger partial charge in [0.05, 0.1) is 6.10 Å². The van der Waals surface area contributed by atoms with Crippen LogP contribution in [0.5, 0.6) is 0 Å². The number of hydrogen-bond donors (Lipinski definition) is 2. The first kappa shape index (κ1) is 16.0. The summed E-state index contributed by atoms with van der Waals surface area (Å²) < 4.78 is 0. The van der Waals surface area contributed by atoms with E-state index in [0.717, 1.165) is 61.8 Å². The molecule has 1 amide bonds. The molecule has 0 bridgehead atoms. The van der Waals surface area contributed by atoms with Crippen molar-refractivity contribution < 1.29 is 9.90 Å². The molecule has 0 saturated heterocycles. The van der Waals surface area contributed by atoms with Gasteiger partial charge in [0.1, 0.15) is 0 Å². The van der Waals surface area contributed by atoms with E-state index in [1.807, 2.05) is 18.2 Å². The van der Waals surface area contributed by atoms with Crippen molar-refractivity contribution >= 4 is 5.91 Å². The van der Waals surface area contributed by atoms with Crippen molar-refractivity contribution in [2.75, 3.05) is 6.54 Å². The molecule has 1 atom stereocenters. The maximum Gasteiger partial charge on any atom is 0.251 e. The molecule has 1 aliphatic heterocycles. The lowest BCUT2D eigenvalue weighted by Gasteiger charge is -2.23. The lowest BCUT2D eigenvalue weighted by Crippen LogP contribution is -2.23. The zero-order chi connectivity index (χ0) is 15.2. The molecule has 1 heterocycles. The van der Waals surface area contributed by atoms with Crippen molar-refractivity contribution in [1.29, 1.82) is 0 Å². The number of aryl methyl sites for hydroxylation is 1. The molecule has 1 unspecified atom stereocenters. The average molecular weight is 289 g/mol. The van der Waals surface area contributed by atoms with Crippen molar-refractivity contribution in [2.45, 2.75) is 58.5 Å². The second-order valence-electron chi connectivity index (χ2n) is 6.06. The minimum absolute atomic E-state index is 0.000849. The molecule has 3 heteroatoms. The third-order valence-corrected chi connectivity index (χ3v) is 4.39. The molecule has 0 spiro atoms. The van der Waals surface area contributed by atoms with Crippen LogP contribution in [0.2, 0.25) is 0 Å². The molecule has 0 radical (unpaired) electrons. The summed E-state index contributed by atoms with van der Waals surface area (Å²) in [5, 5.41) is 13.6. The minimum Gasteiger partial charge on any atom is -0.388 e. The number of carbonyl (C=O) groups is 1. The van der Waals surface area contributed by atoms with Crippen LogP contribution in [0.25, 0.3) is 0 Å². The summed E-state index contributed by atoms with van der Waals surface area (Å²) in [4.78, 5) is 12.1. The minimum atomic E-state index is -0.466. The van der Waals surface area contributed by atoms with E-state index >= 15 is 0 Å². The summed E-state index contributed by atoms with van der Waals surface area (Å²) in [6.45, 7) is 5.04. The Morgan fingerprint density at radius 3 is 2.62 bits per heavy atom. The Balaban J connectivity index is 2.25. The van der Waals surface area contributed by atoms with Crippen molar-refractivity contribution in [1.82, 2.24) is 5.32 Å². The Kier molecular flexibility index (Phi) is 5.80. The molecule has 0 fully saturated rings. The topological polar surface area (TPSA) is 49.3 Å². The van der Waals surface area contributed by atoms with Gasteiger partial charge in [-0.3, -0.25) is 4.79 Å². The highest BCUT2D eigenvalue weighted by atomic mass is 16.3. The Labute approximate surface area is 127 Å². The number of rotatable bonds is 6. The first-order chi connectivity index (χ1) is 10.2. The number of fused-ring (bicyclic) bond motifs is 1. The summed E-state index contributed by atoms with van der Waals surface area (Å²) in [6.07, 6.45) is 5.65. The molecule has 0 saturated carbocycles. The highest BCUT2D eigenvalue weighted by molar-refractivity contribution is 5.96. The number of hydrogen-bond acceptors (Lipinski definition) is 2. The van der Waals surface area contributed by atoms with Gasteiger partial charge in [0.2, 0.25) is 0 Å². The predicted octanol–water partition coefficient (Wildman–Crippen LogP) is 3.61. The lowest BCUT2D eigenvalue weighted by molar-refractivity contribution is 0.0942. The van der Waals surface area contributed by atoms with Crippen molar-refractivity contribution in [3.63, 3.8) is 0 Å². The highest BCUT2D eigenvalue weighted by Gasteiger charge is 2.22. The summed E-state index contributed by atoms with van der Waals surface area (Å²) in [6, 6.07) is 5.92. The number of amides is 1. The molecule has 116 valence electrons. The summed E-state index contributed by atoms with van der Waals surface area (Å²) in [5.41, 5.74) is 2.73. The standard InChI is InChI=1S/C18H27NO2/c1-3-6-14(7-4-2)17(20)15-10-9-13-8-5-11-19-18(21)16(13)12-15/h9-10,12,14,17,20H,3-8,11H2,1-2H3,(H,19,21). The Morgan fingerprint density at radius 1 is 1.24 bits per heavy atom. The van der Waals surface area contributed by atoms with Gasteiger partial charge in [0.15, 0.2) is 0 Å². The van der Waals surface area contributed by atoms with E-state index in [9.17, 15) is 9.90 Å². The summed E-state index contributed by atoms with van der Waals surface area (Å²) in [5.74, 6) is 0.283. The van der Waals surface area contributed by atoms with Gasteiger partial charge in [-0.1, -0.05) is 38.8 Å². The maximum atomic E-state index is 12.1. The van der Waals surface area contributed by atoms with Crippen molar-refractivity contribution in [2.24, 2.45) is 5.92 Å². The molecular formula is C18H27NO2. The molecular weight excluding hydrogens is 262 g/mol. The molecule has 1 aliphatic rings. The van der Waals surface area contributed by atoms with Gasteiger partial charge in [0.25, 0.3) is 5.91 Å². The first-order valence-electron chi connectivity index (χ1n) is 8.26. The van der Waals surface area contributed by atoms with E-state index in [1.54, 1.807) is 0 Å². The van der Waals surface area contributed by atoms with Crippen LogP contribution in [0, 0.1) is 5.92 Å². The SMILES string of the molecule is CCCC(CCC)C(O)c1ccc2c(c1)C(=O)NCCC2. The van der Waals surface area contributed by atoms with Gasteiger partial charge >= 0.3 is 0 Å². The number of aliphatic hydroxyl groups excluding tert-OH is 1. The fourth-order valence-electron chi connectivity index (χ4n) is 3.26. The van der Waals surface area contributed by atoms with Crippen molar-refractivity contribution in [3.8, 4) is 0 Å². The molecule has 21 heavy (non-hydrogen) atoms. The van der Waals surface area contributed by atoms with E-state index in [2.05, 4.69) is 19.2 Å². The second-order valence-corrected chi connectivity index (χ2v) is 6.06. The Hall–Kier alpha value is -1.35. The predicted molar refractivity (Wildman–Crippen MR) is 85.4 cm³/mol. The van der Waals surface area contributed by atoms with Gasteiger partial charge < -0.3 is 10.4 Å². The zero-order valence-corrected chi connectivity index (χ0v) is 13.2. The second kappa shape index (κ2) is 7.60. The van der Waals surface area contributed by atoms with Gasteiger partial charge in [0, 0.05) is 12.1 Å². The van der Waals surface area contributed by atoms with Crippen molar-refractivity contribution in [3.05, 3.63) is 34.9 Å². The van der Waals surface area contributed by atoms with E-state index in [4.69, 9.17) is 0 Å². The van der Waals surface area contributed by atoms with E-state index in [1.165, 1.54) is 0 Å². The van der Waals surface area contributed by atoms with Gasteiger partial charge in [-0.2, -0.15) is 0 Å².